The summed E-state index contributed by atoms with van der Waals surface area (Å²) < 4.78 is 4.52. The van der Waals surface area contributed by atoms with E-state index < -0.39 is 5.97 Å². The van der Waals surface area contributed by atoms with Gasteiger partial charge in [-0.25, -0.2) is 4.79 Å². The number of nitriles is 1. The Hall–Kier alpha value is -2.08. The minimum Gasteiger partial charge on any atom is -0.465 e. The van der Waals surface area contributed by atoms with Crippen LogP contribution in [0.15, 0.2) is 29.8 Å². The second-order valence-corrected chi connectivity index (χ2v) is 3.21. The number of rotatable bonds is 3. The fourth-order valence-corrected chi connectivity index (χ4v) is 1.40. The number of nitrogens with zero attached hydrogens (tertiary/aromatic N) is 1. The van der Waals surface area contributed by atoms with E-state index in [9.17, 15) is 4.79 Å². The topological polar surface area (TPSA) is 50.1 Å². The van der Waals surface area contributed by atoms with E-state index in [0.29, 0.717) is 0 Å². The van der Waals surface area contributed by atoms with Crippen molar-refractivity contribution in [2.75, 3.05) is 7.11 Å². The molecule has 0 amide bonds. The quantitative estimate of drug-likeness (QED) is 0.441. The summed E-state index contributed by atoms with van der Waals surface area (Å²) in [5, 5.41) is 8.83. The van der Waals surface area contributed by atoms with E-state index in [1.807, 2.05) is 37.3 Å². The number of hydrogen-bond donors (Lipinski definition) is 0. The summed E-state index contributed by atoms with van der Waals surface area (Å²) in [7, 11) is 1.26. The first kappa shape index (κ1) is 12.0. The monoisotopic (exact) mass is 215 g/mol. The van der Waals surface area contributed by atoms with Crippen LogP contribution < -0.4 is 0 Å². The molecule has 0 aliphatic rings. The van der Waals surface area contributed by atoms with Crippen LogP contribution in [0.3, 0.4) is 0 Å². The lowest BCUT2D eigenvalue weighted by atomic mass is 10.0. The first-order valence-electron chi connectivity index (χ1n) is 5.01. The number of ether oxygens (including phenoxy) is 1. The summed E-state index contributed by atoms with van der Waals surface area (Å²) in [5.74, 6) is -0.603. The Labute approximate surface area is 95.0 Å². The zero-order valence-electron chi connectivity index (χ0n) is 9.36. The van der Waals surface area contributed by atoms with E-state index in [2.05, 4.69) is 4.74 Å². The Morgan fingerprint density at radius 2 is 2.19 bits per heavy atom. The van der Waals surface area contributed by atoms with Gasteiger partial charge in [-0.2, -0.15) is 5.26 Å². The Kier molecular flexibility index (Phi) is 4.28. The average Bonchev–Trinajstić information content (AvgIpc) is 2.35. The smallest absolute Gasteiger partial charge is 0.348 e. The molecule has 3 nitrogen and oxygen atoms in total. The van der Waals surface area contributed by atoms with Gasteiger partial charge in [-0.15, -0.1) is 0 Å². The number of aryl methyl sites for hydroxylation is 1. The van der Waals surface area contributed by atoms with Gasteiger partial charge in [-0.3, -0.25) is 0 Å². The second kappa shape index (κ2) is 5.72. The molecule has 0 aromatic heterocycles. The van der Waals surface area contributed by atoms with E-state index in [1.165, 1.54) is 7.11 Å². The minimum atomic E-state index is -0.603. The van der Waals surface area contributed by atoms with Gasteiger partial charge >= 0.3 is 5.97 Å². The SMILES string of the molecule is CCc1ccccc1/C=C(\C#N)C(=O)OC. The van der Waals surface area contributed by atoms with Crippen molar-refractivity contribution < 1.29 is 9.53 Å². The maximum atomic E-state index is 11.2. The molecule has 0 atom stereocenters. The highest BCUT2D eigenvalue weighted by molar-refractivity contribution is 5.97. The molecule has 0 saturated carbocycles. The van der Waals surface area contributed by atoms with Crippen molar-refractivity contribution in [3.63, 3.8) is 0 Å². The predicted molar refractivity (Wildman–Crippen MR) is 61.4 cm³/mol. The van der Waals surface area contributed by atoms with Crippen molar-refractivity contribution in [3.8, 4) is 6.07 Å². The fourth-order valence-electron chi connectivity index (χ4n) is 1.40. The molecule has 0 unspecified atom stereocenters. The van der Waals surface area contributed by atoms with E-state index in [1.54, 1.807) is 6.08 Å². The number of esters is 1. The van der Waals surface area contributed by atoms with Crippen LogP contribution in [-0.2, 0) is 16.0 Å². The van der Waals surface area contributed by atoms with Gasteiger partial charge in [0.2, 0.25) is 0 Å². The molecular formula is C13H13NO2. The third kappa shape index (κ3) is 2.71. The Morgan fingerprint density at radius 1 is 1.50 bits per heavy atom. The van der Waals surface area contributed by atoms with Crippen LogP contribution in [0, 0.1) is 11.3 Å². The highest BCUT2D eigenvalue weighted by Crippen LogP contribution is 2.14. The molecule has 0 radical (unpaired) electrons. The van der Waals surface area contributed by atoms with Crippen molar-refractivity contribution in [1.82, 2.24) is 0 Å². The molecule has 0 N–H and O–H groups in total. The lowest BCUT2D eigenvalue weighted by Gasteiger charge is -2.03. The number of carbonyl (C=O) groups is 1. The average molecular weight is 215 g/mol. The van der Waals surface area contributed by atoms with Crippen LogP contribution in [0.1, 0.15) is 18.1 Å². The summed E-state index contributed by atoms with van der Waals surface area (Å²) in [6.45, 7) is 2.02. The summed E-state index contributed by atoms with van der Waals surface area (Å²) >= 11 is 0. The van der Waals surface area contributed by atoms with Crippen LogP contribution in [-0.4, -0.2) is 13.1 Å². The lowest BCUT2D eigenvalue weighted by Crippen LogP contribution is -2.03. The Balaban J connectivity index is 3.14. The minimum absolute atomic E-state index is 0.0170. The zero-order chi connectivity index (χ0) is 12.0. The van der Waals surface area contributed by atoms with E-state index in [0.717, 1.165) is 17.5 Å². The van der Waals surface area contributed by atoms with Crippen LogP contribution in [0.4, 0.5) is 0 Å². The highest BCUT2D eigenvalue weighted by Gasteiger charge is 2.09. The standard InChI is InChI=1S/C13H13NO2/c1-3-10-6-4-5-7-11(10)8-12(9-14)13(15)16-2/h4-8H,3H2,1-2H3/b12-8+. The van der Waals surface area contributed by atoms with Crippen molar-refractivity contribution >= 4 is 12.0 Å². The first-order valence-corrected chi connectivity index (χ1v) is 5.01. The molecule has 0 spiro atoms. The molecule has 0 aliphatic heterocycles. The number of methoxy groups -OCH3 is 1. The molecule has 0 heterocycles. The normalized spacial score (nSPS) is 10.7. The van der Waals surface area contributed by atoms with Gasteiger partial charge in [0.15, 0.2) is 0 Å². The van der Waals surface area contributed by atoms with Crippen molar-refractivity contribution in [2.24, 2.45) is 0 Å². The van der Waals surface area contributed by atoms with Gasteiger partial charge in [0, 0.05) is 0 Å². The van der Waals surface area contributed by atoms with Gasteiger partial charge < -0.3 is 4.74 Å². The summed E-state index contributed by atoms with van der Waals surface area (Å²) in [5.41, 5.74) is 1.99. The summed E-state index contributed by atoms with van der Waals surface area (Å²) in [4.78, 5) is 11.2. The van der Waals surface area contributed by atoms with Crippen LogP contribution in [0.2, 0.25) is 0 Å². The molecule has 1 aromatic carbocycles. The molecule has 1 rings (SSSR count). The van der Waals surface area contributed by atoms with Gasteiger partial charge in [-0.1, -0.05) is 31.2 Å². The van der Waals surface area contributed by atoms with E-state index in [-0.39, 0.29) is 5.57 Å². The molecule has 0 bridgehead atoms. The molecule has 82 valence electrons. The van der Waals surface area contributed by atoms with Gasteiger partial charge in [0.1, 0.15) is 11.6 Å². The number of hydrogen-bond acceptors (Lipinski definition) is 3. The van der Waals surface area contributed by atoms with Crippen LogP contribution in [0.25, 0.3) is 6.08 Å². The van der Waals surface area contributed by atoms with Crippen LogP contribution >= 0.6 is 0 Å². The molecule has 1 aromatic rings. The maximum Gasteiger partial charge on any atom is 0.348 e. The van der Waals surface area contributed by atoms with Gasteiger partial charge in [0.25, 0.3) is 0 Å². The Morgan fingerprint density at radius 3 is 2.75 bits per heavy atom. The highest BCUT2D eigenvalue weighted by atomic mass is 16.5. The third-order valence-corrected chi connectivity index (χ3v) is 2.26. The van der Waals surface area contributed by atoms with E-state index >= 15 is 0 Å². The second-order valence-electron chi connectivity index (χ2n) is 3.21. The lowest BCUT2D eigenvalue weighted by molar-refractivity contribution is -0.135. The zero-order valence-corrected chi connectivity index (χ0v) is 9.36. The molecule has 0 saturated heterocycles. The fraction of sp³-hybridized carbons (Fsp3) is 0.231. The Bertz CT molecular complexity index is 455. The molecule has 0 fully saturated rings. The third-order valence-electron chi connectivity index (χ3n) is 2.26. The predicted octanol–water partition coefficient (Wildman–Crippen LogP) is 2.33. The number of carbonyl (C=O) groups excluding carboxylic acids is 1. The molecule has 0 aliphatic carbocycles. The summed E-state index contributed by atoms with van der Waals surface area (Å²) in [6, 6.07) is 9.49. The summed E-state index contributed by atoms with van der Waals surface area (Å²) in [6.07, 6.45) is 2.41. The molecular weight excluding hydrogens is 202 g/mol. The maximum absolute atomic E-state index is 11.2. The van der Waals surface area contributed by atoms with Crippen molar-refractivity contribution in [1.29, 1.82) is 5.26 Å². The van der Waals surface area contributed by atoms with E-state index in [4.69, 9.17) is 5.26 Å². The first-order chi connectivity index (χ1) is 7.72. The van der Waals surface area contributed by atoms with Crippen molar-refractivity contribution in [2.45, 2.75) is 13.3 Å². The molecule has 3 heteroatoms. The largest absolute Gasteiger partial charge is 0.465 e. The van der Waals surface area contributed by atoms with Gasteiger partial charge in [0.05, 0.1) is 7.11 Å². The van der Waals surface area contributed by atoms with Crippen molar-refractivity contribution in [3.05, 3.63) is 41.0 Å². The van der Waals surface area contributed by atoms with Gasteiger partial charge in [-0.05, 0) is 23.6 Å². The molecule has 16 heavy (non-hydrogen) atoms. The number of benzene rings is 1. The van der Waals surface area contributed by atoms with Crippen LogP contribution in [0.5, 0.6) is 0 Å².